The molecule has 1 fully saturated rings. The van der Waals surface area contributed by atoms with Gasteiger partial charge in [-0.1, -0.05) is 32.9 Å². The van der Waals surface area contributed by atoms with Crippen molar-refractivity contribution >= 4 is 17.4 Å². The third-order valence-electron chi connectivity index (χ3n) is 4.85. The summed E-state index contributed by atoms with van der Waals surface area (Å²) in [6.45, 7) is 9.11. The van der Waals surface area contributed by atoms with Crippen LogP contribution in [0.15, 0.2) is 29.3 Å². The Labute approximate surface area is 144 Å². The van der Waals surface area contributed by atoms with Crippen LogP contribution in [-0.2, 0) is 4.79 Å². The summed E-state index contributed by atoms with van der Waals surface area (Å²) in [7, 11) is 0. The summed E-state index contributed by atoms with van der Waals surface area (Å²) in [5.74, 6) is 1.88. The van der Waals surface area contributed by atoms with Gasteiger partial charge in [0.05, 0.1) is 5.69 Å². The lowest BCUT2D eigenvalue weighted by atomic mass is 9.98. The van der Waals surface area contributed by atoms with E-state index in [-0.39, 0.29) is 5.91 Å². The maximum Gasteiger partial charge on any atom is 0.266 e. The smallest absolute Gasteiger partial charge is 0.266 e. The van der Waals surface area contributed by atoms with Crippen LogP contribution in [0.25, 0.3) is 0 Å². The minimum Gasteiger partial charge on any atom is -0.356 e. The molecule has 1 aromatic carbocycles. The van der Waals surface area contributed by atoms with Crippen LogP contribution in [0.5, 0.6) is 0 Å². The summed E-state index contributed by atoms with van der Waals surface area (Å²) in [6.07, 6.45) is 1.48. The molecule has 0 radical (unpaired) electrons. The monoisotopic (exact) mass is 328 g/mol. The van der Waals surface area contributed by atoms with Gasteiger partial charge < -0.3 is 15.5 Å². The average Bonchev–Trinajstić information content (AvgIpc) is 2.66. The van der Waals surface area contributed by atoms with E-state index in [0.29, 0.717) is 12.5 Å². The fourth-order valence-electron chi connectivity index (χ4n) is 3.46. The zero-order chi connectivity index (χ0) is 17.3. The minimum absolute atomic E-state index is 0.114. The van der Waals surface area contributed by atoms with Gasteiger partial charge in [-0.2, -0.15) is 0 Å². The lowest BCUT2D eigenvalue weighted by molar-refractivity contribution is -0.119. The predicted octanol–water partition coefficient (Wildman–Crippen LogP) is 2.45. The Morgan fingerprint density at radius 2 is 1.92 bits per heavy atom. The van der Waals surface area contributed by atoms with Gasteiger partial charge in [-0.15, -0.1) is 0 Å². The number of anilines is 1. The van der Waals surface area contributed by atoms with Crippen molar-refractivity contribution in [2.45, 2.75) is 39.8 Å². The van der Waals surface area contributed by atoms with E-state index in [1.807, 2.05) is 23.1 Å². The van der Waals surface area contributed by atoms with E-state index in [9.17, 15) is 4.79 Å². The molecule has 1 aromatic rings. The van der Waals surface area contributed by atoms with Crippen LogP contribution in [0.4, 0.5) is 5.69 Å². The third-order valence-corrected chi connectivity index (χ3v) is 4.85. The van der Waals surface area contributed by atoms with Crippen molar-refractivity contribution in [1.82, 2.24) is 4.90 Å². The van der Waals surface area contributed by atoms with Crippen LogP contribution in [0, 0.1) is 11.8 Å². The van der Waals surface area contributed by atoms with Gasteiger partial charge in [0.25, 0.3) is 5.91 Å². The Balaban J connectivity index is 2.02. The summed E-state index contributed by atoms with van der Waals surface area (Å²) in [5, 5.41) is 0. The zero-order valence-corrected chi connectivity index (χ0v) is 14.9. The molecule has 0 saturated carbocycles. The highest BCUT2D eigenvalue weighted by atomic mass is 16.2. The topological polar surface area (TPSA) is 61.9 Å². The third kappa shape index (κ3) is 3.31. The molecule has 2 heterocycles. The highest BCUT2D eigenvalue weighted by Gasteiger charge is 2.32. The van der Waals surface area contributed by atoms with Gasteiger partial charge in [0.15, 0.2) is 6.17 Å². The number of hydrogen-bond acceptors (Lipinski definition) is 4. The summed E-state index contributed by atoms with van der Waals surface area (Å²) < 4.78 is 0. The average molecular weight is 328 g/mol. The molecule has 130 valence electrons. The van der Waals surface area contributed by atoms with Crippen molar-refractivity contribution in [2.75, 3.05) is 24.5 Å². The van der Waals surface area contributed by atoms with Gasteiger partial charge in [0, 0.05) is 25.2 Å². The van der Waals surface area contributed by atoms with Gasteiger partial charge in [-0.25, -0.2) is 4.99 Å². The van der Waals surface area contributed by atoms with Crippen LogP contribution in [0.1, 0.15) is 39.2 Å². The number of amidine groups is 1. The fourth-order valence-corrected chi connectivity index (χ4v) is 3.46. The van der Waals surface area contributed by atoms with Crippen LogP contribution < -0.4 is 10.6 Å². The normalized spacial score (nSPS) is 22.5. The predicted molar refractivity (Wildman–Crippen MR) is 98.1 cm³/mol. The molecule has 0 aliphatic carbocycles. The van der Waals surface area contributed by atoms with Crippen molar-refractivity contribution in [3.63, 3.8) is 0 Å². The largest absolute Gasteiger partial charge is 0.356 e. The molecule has 2 aliphatic rings. The summed E-state index contributed by atoms with van der Waals surface area (Å²) >= 11 is 0. The SMILES string of the molecule is CC(C)CN1C(=O)[C@H](N)N=C(N2CCC(C)CC2)c2ccccc21. The number of nitrogens with two attached hydrogens (primary N) is 1. The Morgan fingerprint density at radius 1 is 1.25 bits per heavy atom. The first-order valence-corrected chi connectivity index (χ1v) is 8.96. The number of piperidine rings is 1. The van der Waals surface area contributed by atoms with Crippen LogP contribution in [-0.4, -0.2) is 42.4 Å². The Kier molecular flexibility index (Phi) is 4.90. The second-order valence-electron chi connectivity index (χ2n) is 7.43. The number of carbonyl (C=O) groups is 1. The summed E-state index contributed by atoms with van der Waals surface area (Å²) in [4.78, 5) is 21.5. The number of rotatable bonds is 2. The number of amides is 1. The first-order chi connectivity index (χ1) is 11.5. The first kappa shape index (κ1) is 17.0. The van der Waals surface area contributed by atoms with Crippen molar-refractivity contribution in [1.29, 1.82) is 0 Å². The number of benzodiazepines with no additional fused rings is 1. The number of likely N-dealkylation sites (tertiary alicyclic amines) is 1. The van der Waals surface area contributed by atoms with E-state index in [4.69, 9.17) is 5.73 Å². The van der Waals surface area contributed by atoms with E-state index in [1.165, 1.54) is 0 Å². The van der Waals surface area contributed by atoms with E-state index < -0.39 is 6.17 Å². The molecule has 24 heavy (non-hydrogen) atoms. The molecule has 5 heteroatoms. The van der Waals surface area contributed by atoms with Gasteiger partial charge in [-0.3, -0.25) is 4.79 Å². The number of nitrogens with zero attached hydrogens (tertiary/aromatic N) is 3. The van der Waals surface area contributed by atoms with Gasteiger partial charge in [0.2, 0.25) is 0 Å². The lowest BCUT2D eigenvalue weighted by Crippen LogP contribution is -2.44. The van der Waals surface area contributed by atoms with Gasteiger partial charge in [0.1, 0.15) is 5.84 Å². The van der Waals surface area contributed by atoms with Crippen molar-refractivity contribution in [3.8, 4) is 0 Å². The van der Waals surface area contributed by atoms with Gasteiger partial charge in [-0.05, 0) is 36.8 Å². The molecule has 5 nitrogen and oxygen atoms in total. The second kappa shape index (κ2) is 6.93. The molecule has 0 bridgehead atoms. The van der Waals surface area contributed by atoms with E-state index in [0.717, 1.165) is 48.9 Å². The Hall–Kier alpha value is -1.88. The maximum atomic E-state index is 12.8. The summed E-state index contributed by atoms with van der Waals surface area (Å²) in [6, 6.07) is 8.06. The van der Waals surface area contributed by atoms with E-state index >= 15 is 0 Å². The van der Waals surface area contributed by atoms with Crippen LogP contribution in [0.3, 0.4) is 0 Å². The molecule has 1 atom stereocenters. The number of benzene rings is 1. The molecule has 1 saturated heterocycles. The van der Waals surface area contributed by atoms with Crippen molar-refractivity contribution in [2.24, 2.45) is 22.6 Å². The zero-order valence-electron chi connectivity index (χ0n) is 14.9. The molecule has 2 N–H and O–H groups in total. The van der Waals surface area contributed by atoms with Crippen molar-refractivity contribution in [3.05, 3.63) is 29.8 Å². The highest BCUT2D eigenvalue weighted by molar-refractivity contribution is 6.11. The number of hydrogen-bond donors (Lipinski definition) is 1. The molecule has 0 unspecified atom stereocenters. The standard InChI is InChI=1S/C19H28N4O/c1-13(2)12-23-16-7-5-4-6-15(16)18(21-17(20)19(23)24)22-10-8-14(3)9-11-22/h4-7,13-14,17H,8-12,20H2,1-3H3/t17-/m1/s1. The quantitative estimate of drug-likeness (QED) is 0.907. The van der Waals surface area contributed by atoms with Gasteiger partial charge >= 0.3 is 0 Å². The highest BCUT2D eigenvalue weighted by Crippen LogP contribution is 2.29. The number of fused-ring (bicyclic) bond motifs is 1. The lowest BCUT2D eigenvalue weighted by Gasteiger charge is -2.33. The molecule has 0 spiro atoms. The first-order valence-electron chi connectivity index (χ1n) is 8.96. The molecule has 2 aliphatic heterocycles. The van der Waals surface area contributed by atoms with Crippen molar-refractivity contribution < 1.29 is 4.79 Å². The fraction of sp³-hybridized carbons (Fsp3) is 0.579. The molecule has 3 rings (SSSR count). The molecule has 1 amide bonds. The Bertz CT molecular complexity index is 632. The molecular formula is C19H28N4O. The van der Waals surface area contributed by atoms with E-state index in [2.05, 4.69) is 36.7 Å². The maximum absolute atomic E-state index is 12.8. The second-order valence-corrected chi connectivity index (χ2v) is 7.43. The van der Waals surface area contributed by atoms with Crippen LogP contribution in [0.2, 0.25) is 0 Å². The Morgan fingerprint density at radius 3 is 2.58 bits per heavy atom. The minimum atomic E-state index is -0.828. The summed E-state index contributed by atoms with van der Waals surface area (Å²) in [5.41, 5.74) is 8.10. The molecular weight excluding hydrogens is 300 g/mol. The molecule has 0 aromatic heterocycles. The number of aliphatic imine (C=N–C) groups is 1. The number of para-hydroxylation sites is 1. The van der Waals surface area contributed by atoms with Crippen LogP contribution >= 0.6 is 0 Å². The van der Waals surface area contributed by atoms with E-state index in [1.54, 1.807) is 0 Å². The number of carbonyl (C=O) groups excluding carboxylic acids is 1.